The number of aryl methyl sites for hydroxylation is 1. The summed E-state index contributed by atoms with van der Waals surface area (Å²) in [5.74, 6) is 1.35. The normalized spacial score (nSPS) is 18.5. The van der Waals surface area contributed by atoms with Gasteiger partial charge in [0.15, 0.2) is 5.82 Å². The predicted octanol–water partition coefficient (Wildman–Crippen LogP) is 3.24. The van der Waals surface area contributed by atoms with Crippen molar-refractivity contribution in [3.63, 3.8) is 0 Å². The van der Waals surface area contributed by atoms with Crippen LogP contribution >= 0.6 is 0 Å². The molecule has 2 atom stereocenters. The van der Waals surface area contributed by atoms with Crippen LogP contribution in [-0.2, 0) is 17.7 Å². The minimum atomic E-state index is -0.442. The fraction of sp³-hybridized carbons (Fsp3) is 0.385. The number of tetrazole rings is 1. The fourth-order valence-electron chi connectivity index (χ4n) is 5.32. The second kappa shape index (κ2) is 9.14. The van der Waals surface area contributed by atoms with E-state index < -0.39 is 6.04 Å². The number of H-pyrrole nitrogens is 1. The SMILES string of the molecule is COc1ccc2cc(C(c3nnnn3CC3CCCO3)N3CCCc4ccccc43)c(=O)[nH]c2c1. The molecule has 2 aliphatic heterocycles. The number of methoxy groups -OCH3 is 1. The Labute approximate surface area is 202 Å². The zero-order valence-electron chi connectivity index (χ0n) is 19.7. The molecule has 9 nitrogen and oxygen atoms in total. The van der Waals surface area contributed by atoms with E-state index in [1.807, 2.05) is 35.0 Å². The Kier molecular flexibility index (Phi) is 5.69. The Bertz CT molecular complexity index is 1410. The Morgan fingerprint density at radius 3 is 2.97 bits per heavy atom. The molecule has 2 unspecified atom stereocenters. The molecule has 1 N–H and O–H groups in total. The minimum Gasteiger partial charge on any atom is -0.497 e. The van der Waals surface area contributed by atoms with Gasteiger partial charge in [0.05, 0.1) is 25.3 Å². The van der Waals surface area contributed by atoms with Crippen molar-refractivity contribution >= 4 is 16.6 Å². The molecule has 0 bridgehead atoms. The van der Waals surface area contributed by atoms with Gasteiger partial charge in [0.1, 0.15) is 11.8 Å². The smallest absolute Gasteiger partial charge is 0.254 e. The number of benzene rings is 2. The zero-order chi connectivity index (χ0) is 23.8. The van der Waals surface area contributed by atoms with E-state index in [0.717, 1.165) is 55.4 Å². The van der Waals surface area contributed by atoms with Gasteiger partial charge in [-0.1, -0.05) is 18.2 Å². The summed E-state index contributed by atoms with van der Waals surface area (Å²) in [5, 5.41) is 13.7. The highest BCUT2D eigenvalue weighted by Gasteiger charge is 2.34. The first kappa shape index (κ1) is 21.8. The van der Waals surface area contributed by atoms with Gasteiger partial charge in [-0.15, -0.1) is 5.10 Å². The Morgan fingerprint density at radius 2 is 2.11 bits per heavy atom. The molecule has 4 heterocycles. The number of rotatable bonds is 6. The summed E-state index contributed by atoms with van der Waals surface area (Å²) in [6.07, 6.45) is 4.10. The van der Waals surface area contributed by atoms with Crippen LogP contribution in [-0.4, -0.2) is 51.6 Å². The summed E-state index contributed by atoms with van der Waals surface area (Å²) >= 11 is 0. The summed E-state index contributed by atoms with van der Waals surface area (Å²) < 4.78 is 13.0. The predicted molar refractivity (Wildman–Crippen MR) is 132 cm³/mol. The van der Waals surface area contributed by atoms with E-state index in [-0.39, 0.29) is 11.7 Å². The average molecular weight is 473 g/mol. The number of nitrogens with one attached hydrogen (secondary N) is 1. The van der Waals surface area contributed by atoms with Gasteiger partial charge in [0, 0.05) is 30.5 Å². The van der Waals surface area contributed by atoms with Crippen LogP contribution in [0.15, 0.2) is 53.3 Å². The number of aromatic nitrogens is 5. The third-order valence-corrected chi connectivity index (χ3v) is 7.04. The quantitative estimate of drug-likeness (QED) is 0.460. The molecular formula is C26H28N6O3. The van der Waals surface area contributed by atoms with Gasteiger partial charge >= 0.3 is 0 Å². The molecule has 2 aliphatic rings. The van der Waals surface area contributed by atoms with Crippen LogP contribution in [0.2, 0.25) is 0 Å². The molecule has 1 saturated heterocycles. The van der Waals surface area contributed by atoms with Crippen molar-refractivity contribution in [2.75, 3.05) is 25.2 Å². The fourth-order valence-corrected chi connectivity index (χ4v) is 5.32. The van der Waals surface area contributed by atoms with E-state index in [1.165, 1.54) is 5.56 Å². The third-order valence-electron chi connectivity index (χ3n) is 7.04. The number of para-hydroxylation sites is 1. The van der Waals surface area contributed by atoms with E-state index in [0.29, 0.717) is 23.7 Å². The Hall–Kier alpha value is -3.72. The molecule has 180 valence electrons. The van der Waals surface area contributed by atoms with Crippen molar-refractivity contribution in [2.45, 2.75) is 44.4 Å². The van der Waals surface area contributed by atoms with Gasteiger partial charge in [-0.25, -0.2) is 4.68 Å². The van der Waals surface area contributed by atoms with Crippen LogP contribution in [0.1, 0.15) is 42.3 Å². The summed E-state index contributed by atoms with van der Waals surface area (Å²) in [5.41, 5.74) is 3.57. The number of anilines is 1. The van der Waals surface area contributed by atoms with Crippen LogP contribution in [0.3, 0.4) is 0 Å². The molecule has 0 aliphatic carbocycles. The minimum absolute atomic E-state index is 0.0777. The summed E-state index contributed by atoms with van der Waals surface area (Å²) in [6.45, 7) is 2.13. The van der Waals surface area contributed by atoms with Gasteiger partial charge < -0.3 is 19.4 Å². The number of ether oxygens (including phenoxy) is 2. The summed E-state index contributed by atoms with van der Waals surface area (Å²) in [6, 6.07) is 15.6. The highest BCUT2D eigenvalue weighted by molar-refractivity contribution is 5.81. The first-order chi connectivity index (χ1) is 17.2. The molecular weight excluding hydrogens is 444 g/mol. The zero-order valence-corrected chi connectivity index (χ0v) is 19.7. The number of aromatic amines is 1. The summed E-state index contributed by atoms with van der Waals surface area (Å²) in [7, 11) is 1.62. The standard InChI is InChI=1S/C26H28N6O3/c1-34-19-11-10-18-14-21(26(33)27-22(18)15-19)24(31-12-4-7-17-6-2-3-9-23(17)31)25-28-29-30-32(25)16-20-8-5-13-35-20/h2-3,6,9-11,14-15,20,24H,4-5,7-8,12-13,16H2,1H3,(H,27,33). The summed E-state index contributed by atoms with van der Waals surface area (Å²) in [4.78, 5) is 18.9. The lowest BCUT2D eigenvalue weighted by atomic mass is 9.96. The van der Waals surface area contributed by atoms with E-state index in [1.54, 1.807) is 7.11 Å². The van der Waals surface area contributed by atoms with Crippen LogP contribution in [0.4, 0.5) is 5.69 Å². The molecule has 9 heteroatoms. The molecule has 1 fully saturated rings. The van der Waals surface area contributed by atoms with E-state index in [4.69, 9.17) is 9.47 Å². The number of hydrogen-bond donors (Lipinski definition) is 1. The third kappa shape index (κ3) is 4.05. The largest absolute Gasteiger partial charge is 0.497 e. The molecule has 2 aromatic heterocycles. The lowest BCUT2D eigenvalue weighted by Gasteiger charge is -2.37. The molecule has 0 saturated carbocycles. The average Bonchev–Trinajstić information content (AvgIpc) is 3.57. The van der Waals surface area contributed by atoms with Crippen molar-refractivity contribution in [1.82, 2.24) is 25.2 Å². The van der Waals surface area contributed by atoms with Gasteiger partial charge in [0.25, 0.3) is 5.56 Å². The molecule has 2 aromatic carbocycles. The van der Waals surface area contributed by atoms with Crippen molar-refractivity contribution in [2.24, 2.45) is 0 Å². The van der Waals surface area contributed by atoms with Gasteiger partial charge in [-0.05, 0) is 71.3 Å². The molecule has 0 amide bonds. The molecule has 4 aromatic rings. The van der Waals surface area contributed by atoms with Crippen LogP contribution < -0.4 is 15.2 Å². The molecule has 0 radical (unpaired) electrons. The van der Waals surface area contributed by atoms with Crippen LogP contribution in [0, 0.1) is 0 Å². The number of fused-ring (bicyclic) bond motifs is 2. The Balaban J connectivity index is 1.51. The highest BCUT2D eigenvalue weighted by atomic mass is 16.5. The van der Waals surface area contributed by atoms with Crippen molar-refractivity contribution in [3.05, 3.63) is 75.8 Å². The van der Waals surface area contributed by atoms with Crippen molar-refractivity contribution in [1.29, 1.82) is 0 Å². The highest BCUT2D eigenvalue weighted by Crippen LogP contribution is 2.37. The second-order valence-electron chi connectivity index (χ2n) is 9.19. The molecule has 6 rings (SSSR count). The first-order valence-corrected chi connectivity index (χ1v) is 12.1. The number of hydrogen-bond acceptors (Lipinski definition) is 7. The van der Waals surface area contributed by atoms with Gasteiger partial charge in [0.2, 0.25) is 0 Å². The topological polar surface area (TPSA) is 98.2 Å². The maximum absolute atomic E-state index is 13.6. The van der Waals surface area contributed by atoms with E-state index >= 15 is 0 Å². The van der Waals surface area contributed by atoms with Gasteiger partial charge in [-0.2, -0.15) is 0 Å². The monoisotopic (exact) mass is 472 g/mol. The lowest BCUT2D eigenvalue weighted by Crippen LogP contribution is -2.39. The van der Waals surface area contributed by atoms with E-state index in [9.17, 15) is 4.79 Å². The van der Waals surface area contributed by atoms with E-state index in [2.05, 4.69) is 43.6 Å². The Morgan fingerprint density at radius 1 is 1.20 bits per heavy atom. The maximum atomic E-state index is 13.6. The second-order valence-corrected chi connectivity index (χ2v) is 9.19. The first-order valence-electron chi connectivity index (χ1n) is 12.1. The number of pyridine rings is 1. The van der Waals surface area contributed by atoms with Crippen LogP contribution in [0.5, 0.6) is 5.75 Å². The van der Waals surface area contributed by atoms with Crippen molar-refractivity contribution < 1.29 is 9.47 Å². The van der Waals surface area contributed by atoms with Gasteiger partial charge in [-0.3, -0.25) is 4.79 Å². The number of nitrogens with zero attached hydrogens (tertiary/aromatic N) is 5. The molecule has 35 heavy (non-hydrogen) atoms. The molecule has 0 spiro atoms. The maximum Gasteiger partial charge on any atom is 0.254 e. The lowest BCUT2D eigenvalue weighted by molar-refractivity contribution is 0.0924. The van der Waals surface area contributed by atoms with Crippen LogP contribution in [0.25, 0.3) is 10.9 Å². The van der Waals surface area contributed by atoms with Crippen molar-refractivity contribution in [3.8, 4) is 5.75 Å².